The van der Waals surface area contributed by atoms with Crippen LogP contribution in [0, 0.1) is 50.7 Å². The van der Waals surface area contributed by atoms with Crippen molar-refractivity contribution in [2.45, 2.75) is 110 Å². The van der Waals surface area contributed by atoms with E-state index in [1.807, 2.05) is 0 Å². The quantitative estimate of drug-likeness (QED) is 0.561. The number of carboxylic acid groups (broad SMARTS) is 1. The number of carboxylic acids is 1. The molecule has 0 radical (unpaired) electrons. The van der Waals surface area contributed by atoms with Crippen molar-refractivity contribution in [3.05, 3.63) is 0 Å². The molecule has 0 aromatic heterocycles. The predicted molar refractivity (Wildman–Crippen MR) is 120 cm³/mol. The Morgan fingerprint density at radius 2 is 1.59 bits per heavy atom. The molecule has 3 unspecified atom stereocenters. The monoisotopic (exact) mass is 446 g/mol. The highest BCUT2D eigenvalue weighted by molar-refractivity contribution is 5.72. The van der Waals surface area contributed by atoms with Gasteiger partial charge in [0, 0.05) is 5.41 Å². The van der Waals surface area contributed by atoms with Gasteiger partial charge in [0.15, 0.2) is 6.10 Å². The minimum atomic E-state index is -0.895. The van der Waals surface area contributed by atoms with Crippen LogP contribution in [0.1, 0.15) is 86.0 Å². The normalized spacial score (nSPS) is 62.1. The van der Waals surface area contributed by atoms with Crippen LogP contribution in [-0.4, -0.2) is 45.7 Å². The summed E-state index contributed by atoms with van der Waals surface area (Å²) in [6, 6.07) is 0. The molecule has 1 aliphatic heterocycles. The molecule has 6 rings (SSSR count). The van der Waals surface area contributed by atoms with Crippen LogP contribution in [0.3, 0.4) is 0 Å². The molecule has 0 aromatic carbocycles. The Labute approximate surface area is 192 Å². The van der Waals surface area contributed by atoms with Crippen LogP contribution in [0.4, 0.5) is 0 Å². The molecule has 6 fully saturated rings. The lowest BCUT2D eigenvalue weighted by Gasteiger charge is -2.63. The Balaban J connectivity index is 1.40. The third kappa shape index (κ3) is 2.13. The highest BCUT2D eigenvalue weighted by Gasteiger charge is 2.84. The Hall–Kier alpha value is -0.650. The van der Waals surface area contributed by atoms with Gasteiger partial charge in [-0.25, -0.2) is 4.79 Å². The first-order valence-corrected chi connectivity index (χ1v) is 13.1. The Kier molecular flexibility index (Phi) is 4.18. The van der Waals surface area contributed by atoms with E-state index in [9.17, 15) is 20.1 Å². The minimum Gasteiger partial charge on any atom is -0.479 e. The van der Waals surface area contributed by atoms with Crippen molar-refractivity contribution in [2.24, 2.45) is 50.7 Å². The molecule has 32 heavy (non-hydrogen) atoms. The smallest absolute Gasteiger partial charge is 0.332 e. The highest BCUT2D eigenvalue weighted by Crippen LogP contribution is 2.89. The molecule has 0 aromatic rings. The molecule has 0 bridgehead atoms. The first-order chi connectivity index (χ1) is 14.9. The average Bonchev–Trinajstić information content (AvgIpc) is 3.36. The fourth-order valence-electron chi connectivity index (χ4n) is 11.4. The maximum Gasteiger partial charge on any atom is 0.332 e. The summed E-state index contributed by atoms with van der Waals surface area (Å²) in [7, 11) is 0. The Morgan fingerprint density at radius 1 is 0.938 bits per heavy atom. The van der Waals surface area contributed by atoms with E-state index in [4.69, 9.17) is 4.74 Å². The molecule has 5 aliphatic carbocycles. The van der Waals surface area contributed by atoms with Crippen LogP contribution >= 0.6 is 0 Å². The van der Waals surface area contributed by atoms with Gasteiger partial charge < -0.3 is 20.1 Å². The fraction of sp³-hybridized carbons (Fsp3) is 0.963. The van der Waals surface area contributed by atoms with Crippen LogP contribution in [0.2, 0.25) is 0 Å². The van der Waals surface area contributed by atoms with Crippen molar-refractivity contribution >= 4 is 5.97 Å². The lowest BCUT2D eigenvalue weighted by Crippen LogP contribution is -2.59. The molecular formula is C27H42O5. The summed E-state index contributed by atoms with van der Waals surface area (Å²) >= 11 is 0. The molecule has 5 heteroatoms. The van der Waals surface area contributed by atoms with Crippen molar-refractivity contribution in [3.63, 3.8) is 0 Å². The number of aliphatic hydroxyl groups is 2. The summed E-state index contributed by atoms with van der Waals surface area (Å²) in [4.78, 5) is 11.8. The van der Waals surface area contributed by atoms with Gasteiger partial charge in [0.05, 0.1) is 18.3 Å². The van der Waals surface area contributed by atoms with E-state index in [1.54, 1.807) is 0 Å². The lowest BCUT2D eigenvalue weighted by atomic mass is 9.41. The molecule has 12 atom stereocenters. The number of rotatable bonds is 1. The van der Waals surface area contributed by atoms with E-state index in [-0.39, 0.29) is 45.7 Å². The van der Waals surface area contributed by atoms with Gasteiger partial charge in [-0.05, 0) is 96.7 Å². The number of aliphatic carboxylic acids is 1. The fourth-order valence-corrected chi connectivity index (χ4v) is 11.4. The van der Waals surface area contributed by atoms with Crippen molar-refractivity contribution < 1.29 is 24.9 Å². The summed E-state index contributed by atoms with van der Waals surface area (Å²) in [6.07, 6.45) is 6.41. The van der Waals surface area contributed by atoms with Crippen LogP contribution < -0.4 is 0 Å². The van der Waals surface area contributed by atoms with Crippen molar-refractivity contribution in [1.82, 2.24) is 0 Å². The standard InChI is InChI=1S/C27H42O5/c1-14-12-15(22(30)31)32-20-19(14)24(4)10-11-27-13-26(27)9-8-18(28)23(2,3)16(26)6-7-17(27)25(24,5)21(20)29/h14-21,28-29H,6-13H2,1-5H3,(H,30,31)/t14-,15?,16+,17?,18+,19+,20?,21+,24-,25-,26-,27+/m1/s1. The van der Waals surface area contributed by atoms with E-state index < -0.39 is 18.2 Å². The number of hydrogen-bond donors (Lipinski definition) is 3. The van der Waals surface area contributed by atoms with Gasteiger partial charge in [0.2, 0.25) is 0 Å². The topological polar surface area (TPSA) is 87.0 Å². The second-order valence-electron chi connectivity index (χ2n) is 13.9. The molecule has 5 saturated carbocycles. The summed E-state index contributed by atoms with van der Waals surface area (Å²) < 4.78 is 6.17. The van der Waals surface area contributed by atoms with Gasteiger partial charge in [-0.2, -0.15) is 0 Å². The molecule has 1 saturated heterocycles. The number of carbonyl (C=O) groups is 1. The number of hydrogen-bond acceptors (Lipinski definition) is 4. The van der Waals surface area contributed by atoms with Crippen LogP contribution in [0.5, 0.6) is 0 Å². The number of aliphatic hydroxyl groups excluding tert-OH is 2. The van der Waals surface area contributed by atoms with Crippen molar-refractivity contribution in [2.75, 3.05) is 0 Å². The SMILES string of the molecule is C[C@@H]1CC(C(=O)O)OC2[C@H]1[C@@]1(C)CC[C@@]34C[C@@]35CC[C@H](O)C(C)(C)[C@@H]5CCC4[C@]1(C)[C@H]2O. The van der Waals surface area contributed by atoms with Gasteiger partial charge in [-0.1, -0.05) is 34.6 Å². The van der Waals surface area contributed by atoms with Gasteiger partial charge in [-0.15, -0.1) is 0 Å². The van der Waals surface area contributed by atoms with Crippen molar-refractivity contribution in [3.8, 4) is 0 Å². The second-order valence-corrected chi connectivity index (χ2v) is 13.9. The van der Waals surface area contributed by atoms with Crippen LogP contribution in [-0.2, 0) is 9.53 Å². The van der Waals surface area contributed by atoms with E-state index in [1.165, 1.54) is 12.8 Å². The van der Waals surface area contributed by atoms with E-state index >= 15 is 0 Å². The Morgan fingerprint density at radius 3 is 2.28 bits per heavy atom. The van der Waals surface area contributed by atoms with Gasteiger partial charge in [0.25, 0.3) is 0 Å². The predicted octanol–water partition coefficient (Wildman–Crippen LogP) is 4.25. The summed E-state index contributed by atoms with van der Waals surface area (Å²) in [6.45, 7) is 11.5. The molecule has 180 valence electrons. The van der Waals surface area contributed by atoms with E-state index in [2.05, 4.69) is 34.6 Å². The summed E-state index contributed by atoms with van der Waals surface area (Å²) in [5, 5.41) is 32.4. The largest absolute Gasteiger partial charge is 0.479 e. The van der Waals surface area contributed by atoms with Crippen molar-refractivity contribution in [1.29, 1.82) is 0 Å². The van der Waals surface area contributed by atoms with Crippen LogP contribution in [0.15, 0.2) is 0 Å². The van der Waals surface area contributed by atoms with Crippen LogP contribution in [0.25, 0.3) is 0 Å². The third-order valence-electron chi connectivity index (χ3n) is 13.1. The third-order valence-corrected chi connectivity index (χ3v) is 13.1. The summed E-state index contributed by atoms with van der Waals surface area (Å²) in [5.41, 5.74) is 0.286. The van der Waals surface area contributed by atoms with E-state index in [0.29, 0.717) is 23.7 Å². The molecule has 3 N–H and O–H groups in total. The maximum absolute atomic E-state index is 11.9. The Bertz CT molecular complexity index is 855. The molecule has 0 amide bonds. The molecule has 1 heterocycles. The van der Waals surface area contributed by atoms with Gasteiger partial charge in [-0.3, -0.25) is 0 Å². The van der Waals surface area contributed by atoms with Gasteiger partial charge in [0.1, 0.15) is 0 Å². The second kappa shape index (κ2) is 6.12. The zero-order valence-electron chi connectivity index (χ0n) is 20.4. The first-order valence-electron chi connectivity index (χ1n) is 13.1. The number of ether oxygens (including phenoxy) is 1. The lowest BCUT2D eigenvalue weighted by molar-refractivity contribution is -0.183. The molecule has 6 aliphatic rings. The molecule has 5 nitrogen and oxygen atoms in total. The maximum atomic E-state index is 11.9. The highest BCUT2D eigenvalue weighted by atomic mass is 16.5. The minimum absolute atomic E-state index is 0.0315. The zero-order chi connectivity index (χ0) is 23.1. The molecule has 2 spiro atoms. The molecular weight excluding hydrogens is 404 g/mol. The zero-order valence-corrected chi connectivity index (χ0v) is 20.4. The van der Waals surface area contributed by atoms with Gasteiger partial charge >= 0.3 is 5.97 Å². The van der Waals surface area contributed by atoms with E-state index in [0.717, 1.165) is 32.1 Å². The average molecular weight is 447 g/mol. The summed E-state index contributed by atoms with van der Waals surface area (Å²) in [5.74, 6) is 0.575. The first kappa shape index (κ1) is 21.9. The number of fused-ring (bicyclic) bond motifs is 4.